The van der Waals surface area contributed by atoms with Gasteiger partial charge in [-0.25, -0.2) is 9.59 Å². The van der Waals surface area contributed by atoms with E-state index in [1.54, 1.807) is 0 Å². The van der Waals surface area contributed by atoms with Gasteiger partial charge in [-0.15, -0.1) is 0 Å². The summed E-state index contributed by atoms with van der Waals surface area (Å²) >= 11 is 3.34. The van der Waals surface area contributed by atoms with Gasteiger partial charge in [0.2, 0.25) is 0 Å². The fourth-order valence-corrected chi connectivity index (χ4v) is 1.58. The van der Waals surface area contributed by atoms with Crippen LogP contribution < -0.4 is 10.6 Å². The van der Waals surface area contributed by atoms with Crippen LogP contribution in [0.1, 0.15) is 5.56 Å². The summed E-state index contributed by atoms with van der Waals surface area (Å²) in [6, 6.07) is 6.86. The number of carbonyl (C=O) groups is 2. The number of hydrogen-bond acceptors (Lipinski definition) is 3. The molecule has 0 aliphatic rings. The molecule has 1 atom stereocenters. The minimum atomic E-state index is -1.60. The molecular weight excluding hydrogens is 304 g/mol. The van der Waals surface area contributed by atoms with Crippen molar-refractivity contribution in [1.82, 2.24) is 10.6 Å². The Kier molecular flexibility index (Phi) is 5.60. The molecule has 0 fully saturated rings. The maximum atomic E-state index is 11.3. The molecule has 0 aromatic heterocycles. The third-order valence-electron chi connectivity index (χ3n) is 2.14. The largest absolute Gasteiger partial charge is 0.479 e. The number of urea groups is 1. The quantitative estimate of drug-likeness (QED) is 0.642. The molecule has 1 aromatic rings. The van der Waals surface area contributed by atoms with Crippen LogP contribution in [0.2, 0.25) is 0 Å². The molecule has 6 nitrogen and oxygen atoms in total. The number of carboxylic acid groups (broad SMARTS) is 1. The Labute approximate surface area is 112 Å². The van der Waals surface area contributed by atoms with Crippen molar-refractivity contribution in [2.24, 2.45) is 0 Å². The highest BCUT2D eigenvalue weighted by Gasteiger charge is 2.13. The Morgan fingerprint density at radius 2 is 1.94 bits per heavy atom. The van der Waals surface area contributed by atoms with Crippen LogP contribution in [-0.4, -0.2) is 34.9 Å². The van der Waals surface area contributed by atoms with Crippen LogP contribution in [0.25, 0.3) is 0 Å². The summed E-state index contributed by atoms with van der Waals surface area (Å²) in [4.78, 5) is 21.6. The van der Waals surface area contributed by atoms with E-state index in [9.17, 15) is 9.59 Å². The Hall–Kier alpha value is -1.60. The van der Waals surface area contributed by atoms with Crippen molar-refractivity contribution in [2.75, 3.05) is 6.54 Å². The summed E-state index contributed by atoms with van der Waals surface area (Å²) < 4.78 is 0.871. The van der Waals surface area contributed by atoms with Gasteiger partial charge in [0.25, 0.3) is 0 Å². The van der Waals surface area contributed by atoms with Gasteiger partial charge in [-0.1, -0.05) is 34.1 Å². The first-order valence-electron chi connectivity index (χ1n) is 5.16. The Bertz CT molecular complexity index is 439. The lowest BCUT2D eigenvalue weighted by Crippen LogP contribution is -2.41. The second-order valence-electron chi connectivity index (χ2n) is 3.51. The topological polar surface area (TPSA) is 98.7 Å². The Balaban J connectivity index is 2.34. The third kappa shape index (κ3) is 4.72. The highest BCUT2D eigenvalue weighted by atomic mass is 79.9. The van der Waals surface area contributed by atoms with Crippen molar-refractivity contribution >= 4 is 27.9 Å². The molecule has 98 valence electrons. The minimum Gasteiger partial charge on any atom is -0.479 e. The van der Waals surface area contributed by atoms with Crippen LogP contribution >= 0.6 is 15.9 Å². The molecule has 0 heterocycles. The smallest absolute Gasteiger partial charge is 0.334 e. The second-order valence-corrected chi connectivity index (χ2v) is 4.36. The molecule has 0 aliphatic heterocycles. The molecule has 0 saturated carbocycles. The first-order chi connectivity index (χ1) is 8.50. The molecule has 0 saturated heterocycles. The van der Waals surface area contributed by atoms with Crippen LogP contribution in [0.4, 0.5) is 4.79 Å². The van der Waals surface area contributed by atoms with E-state index in [1.807, 2.05) is 24.3 Å². The van der Waals surface area contributed by atoms with E-state index in [0.29, 0.717) is 6.54 Å². The van der Waals surface area contributed by atoms with Gasteiger partial charge in [-0.3, -0.25) is 0 Å². The normalized spacial score (nSPS) is 11.7. The van der Waals surface area contributed by atoms with Crippen LogP contribution in [0.3, 0.4) is 0 Å². The number of aliphatic hydroxyl groups excluding tert-OH is 1. The van der Waals surface area contributed by atoms with Gasteiger partial charge >= 0.3 is 12.0 Å². The van der Waals surface area contributed by atoms with Gasteiger partial charge < -0.3 is 20.8 Å². The zero-order valence-corrected chi connectivity index (χ0v) is 11.0. The van der Waals surface area contributed by atoms with Gasteiger partial charge in [0, 0.05) is 11.0 Å². The third-order valence-corrected chi connectivity index (χ3v) is 2.91. The lowest BCUT2D eigenvalue weighted by molar-refractivity contribution is -0.146. The Morgan fingerprint density at radius 3 is 2.56 bits per heavy atom. The molecular formula is C11H13BrN2O4. The molecule has 2 amide bonds. The zero-order chi connectivity index (χ0) is 13.5. The second kappa shape index (κ2) is 6.97. The first-order valence-corrected chi connectivity index (χ1v) is 5.96. The molecule has 1 rings (SSSR count). The van der Waals surface area contributed by atoms with E-state index in [1.165, 1.54) is 0 Å². The number of halogens is 1. The Morgan fingerprint density at radius 1 is 1.28 bits per heavy atom. The molecule has 0 spiro atoms. The minimum absolute atomic E-state index is 0.302. The van der Waals surface area contributed by atoms with Gasteiger partial charge in [-0.2, -0.15) is 0 Å². The van der Waals surface area contributed by atoms with Crippen molar-refractivity contribution < 1.29 is 19.8 Å². The van der Waals surface area contributed by atoms with Crippen LogP contribution in [0.15, 0.2) is 28.7 Å². The number of amides is 2. The molecule has 0 bridgehead atoms. The molecule has 0 radical (unpaired) electrons. The van der Waals surface area contributed by atoms with Gasteiger partial charge in [-0.05, 0) is 11.6 Å². The van der Waals surface area contributed by atoms with E-state index in [2.05, 4.69) is 26.6 Å². The predicted molar refractivity (Wildman–Crippen MR) is 68.0 cm³/mol. The molecule has 1 unspecified atom stereocenters. The highest BCUT2D eigenvalue weighted by molar-refractivity contribution is 9.10. The molecule has 18 heavy (non-hydrogen) atoms. The summed E-state index contributed by atoms with van der Waals surface area (Å²) in [5.74, 6) is -1.37. The molecule has 4 N–H and O–H groups in total. The zero-order valence-electron chi connectivity index (χ0n) is 9.39. The summed E-state index contributed by atoms with van der Waals surface area (Å²) in [5.41, 5.74) is 0.895. The average molecular weight is 317 g/mol. The number of rotatable bonds is 5. The number of carboxylic acids is 1. The molecule has 1 aromatic carbocycles. The van der Waals surface area contributed by atoms with Crippen LogP contribution in [0, 0.1) is 0 Å². The van der Waals surface area contributed by atoms with Gasteiger partial charge in [0.05, 0.1) is 6.54 Å². The number of nitrogens with one attached hydrogen (secondary N) is 2. The maximum absolute atomic E-state index is 11.3. The summed E-state index contributed by atoms with van der Waals surface area (Å²) in [6.45, 7) is -0.0342. The summed E-state index contributed by atoms with van der Waals surface area (Å²) in [5, 5.41) is 22.2. The SMILES string of the molecule is O=C(NCc1ccccc1Br)NCC(O)C(=O)O. The number of hydrogen-bond donors (Lipinski definition) is 4. The monoisotopic (exact) mass is 316 g/mol. The summed E-state index contributed by atoms with van der Waals surface area (Å²) in [7, 11) is 0. The van der Waals surface area contributed by atoms with E-state index in [4.69, 9.17) is 10.2 Å². The summed E-state index contributed by atoms with van der Waals surface area (Å²) in [6.07, 6.45) is -1.60. The first kappa shape index (κ1) is 14.5. The number of carbonyl (C=O) groups excluding carboxylic acids is 1. The van der Waals surface area contributed by atoms with Crippen LogP contribution in [-0.2, 0) is 11.3 Å². The van der Waals surface area contributed by atoms with Gasteiger partial charge in [0.15, 0.2) is 6.10 Å². The number of aliphatic carboxylic acids is 1. The lowest BCUT2D eigenvalue weighted by atomic mass is 10.2. The highest BCUT2D eigenvalue weighted by Crippen LogP contribution is 2.15. The van der Waals surface area contributed by atoms with Gasteiger partial charge in [0.1, 0.15) is 0 Å². The van der Waals surface area contributed by atoms with Crippen molar-refractivity contribution in [3.63, 3.8) is 0 Å². The van der Waals surface area contributed by atoms with Crippen molar-refractivity contribution in [2.45, 2.75) is 12.6 Å². The predicted octanol–water partition coefficient (Wildman–Crippen LogP) is 0.694. The standard InChI is InChI=1S/C11H13BrN2O4/c12-8-4-2-1-3-7(8)5-13-11(18)14-6-9(15)10(16)17/h1-4,9,15H,5-6H2,(H,16,17)(H2,13,14,18). The fraction of sp³-hybridized carbons (Fsp3) is 0.273. The van der Waals surface area contributed by atoms with Crippen molar-refractivity contribution in [1.29, 1.82) is 0 Å². The average Bonchev–Trinajstić information content (AvgIpc) is 2.34. The van der Waals surface area contributed by atoms with Crippen molar-refractivity contribution in [3.8, 4) is 0 Å². The van der Waals surface area contributed by atoms with E-state index >= 15 is 0 Å². The fourth-order valence-electron chi connectivity index (χ4n) is 1.16. The number of aliphatic hydroxyl groups is 1. The van der Waals surface area contributed by atoms with E-state index in [-0.39, 0.29) is 6.54 Å². The molecule has 7 heteroatoms. The van der Waals surface area contributed by atoms with Crippen molar-refractivity contribution in [3.05, 3.63) is 34.3 Å². The molecule has 0 aliphatic carbocycles. The maximum Gasteiger partial charge on any atom is 0.334 e. The lowest BCUT2D eigenvalue weighted by Gasteiger charge is -2.10. The van der Waals surface area contributed by atoms with Crippen LogP contribution in [0.5, 0.6) is 0 Å². The van der Waals surface area contributed by atoms with E-state index < -0.39 is 18.1 Å². The number of benzene rings is 1. The van der Waals surface area contributed by atoms with E-state index in [0.717, 1.165) is 10.0 Å².